The summed E-state index contributed by atoms with van der Waals surface area (Å²) in [7, 11) is 1.64. The van der Waals surface area contributed by atoms with E-state index in [2.05, 4.69) is 44.3 Å². The first kappa shape index (κ1) is 23.5. The summed E-state index contributed by atoms with van der Waals surface area (Å²) < 4.78 is 7.11. The van der Waals surface area contributed by atoms with Crippen LogP contribution in [0, 0.1) is 34.6 Å². The summed E-state index contributed by atoms with van der Waals surface area (Å²) in [6.45, 7) is 10.9. The number of hydrogen-bond acceptors (Lipinski definition) is 4. The molecule has 0 bridgehead atoms. The van der Waals surface area contributed by atoms with Gasteiger partial charge in [-0.3, -0.25) is 4.79 Å². The Balaban J connectivity index is 1.52. The molecule has 4 aromatic rings. The molecule has 0 unspecified atom stereocenters. The number of nitrogens with zero attached hydrogens (tertiary/aromatic N) is 3. The molecule has 0 saturated heterocycles. The summed E-state index contributed by atoms with van der Waals surface area (Å²) in [5, 5.41) is 8.89. The third-order valence-electron chi connectivity index (χ3n) is 6.56. The fraction of sp³-hybridized carbons (Fsp3) is 0.321. The summed E-state index contributed by atoms with van der Waals surface area (Å²) >= 11 is 0. The van der Waals surface area contributed by atoms with Crippen molar-refractivity contribution in [2.45, 2.75) is 54.0 Å². The SMILES string of the molecule is COc1ccc(CNC(=O)CCc2c(C)nc3c(c(C)nn3-c3ccc(C)c(C)c3)c2C)cc1. The van der Waals surface area contributed by atoms with Crippen LogP contribution in [0.4, 0.5) is 0 Å². The van der Waals surface area contributed by atoms with Crippen molar-refractivity contribution in [2.24, 2.45) is 0 Å². The van der Waals surface area contributed by atoms with Crippen molar-refractivity contribution in [1.29, 1.82) is 0 Å². The van der Waals surface area contributed by atoms with Gasteiger partial charge in [0.15, 0.2) is 5.65 Å². The number of aryl methyl sites for hydroxylation is 5. The molecule has 0 radical (unpaired) electrons. The van der Waals surface area contributed by atoms with Crippen molar-refractivity contribution in [2.75, 3.05) is 7.11 Å². The lowest BCUT2D eigenvalue weighted by molar-refractivity contribution is -0.121. The first-order valence-electron chi connectivity index (χ1n) is 11.6. The van der Waals surface area contributed by atoms with E-state index in [-0.39, 0.29) is 5.91 Å². The van der Waals surface area contributed by atoms with Crippen LogP contribution in [0.1, 0.15) is 45.6 Å². The Morgan fingerprint density at radius 2 is 1.71 bits per heavy atom. The lowest BCUT2D eigenvalue weighted by atomic mass is 9.99. The zero-order valence-corrected chi connectivity index (χ0v) is 20.8. The highest BCUT2D eigenvalue weighted by Crippen LogP contribution is 2.28. The zero-order valence-electron chi connectivity index (χ0n) is 20.8. The van der Waals surface area contributed by atoms with Gasteiger partial charge in [-0.1, -0.05) is 18.2 Å². The first-order valence-corrected chi connectivity index (χ1v) is 11.6. The number of rotatable bonds is 7. The Kier molecular flexibility index (Phi) is 6.68. The molecule has 4 rings (SSSR count). The highest BCUT2D eigenvalue weighted by atomic mass is 16.5. The van der Waals surface area contributed by atoms with Crippen LogP contribution < -0.4 is 10.1 Å². The van der Waals surface area contributed by atoms with Gasteiger partial charge in [-0.25, -0.2) is 9.67 Å². The lowest BCUT2D eigenvalue weighted by Crippen LogP contribution is -2.23. The predicted molar refractivity (Wildman–Crippen MR) is 136 cm³/mol. The minimum absolute atomic E-state index is 0.0252. The van der Waals surface area contributed by atoms with Crippen LogP contribution in [0.3, 0.4) is 0 Å². The number of methoxy groups -OCH3 is 1. The zero-order chi connectivity index (χ0) is 24.4. The smallest absolute Gasteiger partial charge is 0.220 e. The summed E-state index contributed by atoms with van der Waals surface area (Å²) in [5.74, 6) is 0.831. The van der Waals surface area contributed by atoms with Gasteiger partial charge in [0, 0.05) is 24.0 Å². The Bertz CT molecular complexity index is 1350. The second-order valence-electron chi connectivity index (χ2n) is 8.89. The van der Waals surface area contributed by atoms with E-state index in [1.165, 1.54) is 11.1 Å². The van der Waals surface area contributed by atoms with Crippen molar-refractivity contribution in [3.05, 3.63) is 81.7 Å². The molecule has 6 nitrogen and oxygen atoms in total. The van der Waals surface area contributed by atoms with Gasteiger partial charge in [0.05, 0.1) is 18.5 Å². The van der Waals surface area contributed by atoms with Crippen molar-refractivity contribution < 1.29 is 9.53 Å². The second kappa shape index (κ2) is 9.67. The molecule has 6 heteroatoms. The highest BCUT2D eigenvalue weighted by molar-refractivity contribution is 5.85. The molecular formula is C28H32N4O2. The van der Waals surface area contributed by atoms with Gasteiger partial charge in [-0.2, -0.15) is 5.10 Å². The van der Waals surface area contributed by atoms with E-state index in [9.17, 15) is 4.79 Å². The number of carbonyl (C=O) groups is 1. The largest absolute Gasteiger partial charge is 0.497 e. The number of pyridine rings is 1. The van der Waals surface area contributed by atoms with E-state index < -0.39 is 0 Å². The number of ether oxygens (including phenoxy) is 1. The summed E-state index contributed by atoms with van der Waals surface area (Å²) in [5.41, 5.74) is 9.56. The minimum atomic E-state index is 0.0252. The maximum atomic E-state index is 12.5. The molecule has 0 aliphatic rings. The molecule has 34 heavy (non-hydrogen) atoms. The molecule has 0 aliphatic heterocycles. The van der Waals surface area contributed by atoms with Crippen LogP contribution in [-0.4, -0.2) is 27.8 Å². The van der Waals surface area contributed by atoms with Crippen molar-refractivity contribution >= 4 is 16.9 Å². The van der Waals surface area contributed by atoms with E-state index in [0.29, 0.717) is 19.4 Å². The maximum absolute atomic E-state index is 12.5. The van der Waals surface area contributed by atoms with Gasteiger partial charge in [0.2, 0.25) is 5.91 Å². The predicted octanol–water partition coefficient (Wildman–Crippen LogP) is 5.22. The lowest BCUT2D eigenvalue weighted by Gasteiger charge is -2.12. The van der Waals surface area contributed by atoms with Gasteiger partial charge in [-0.15, -0.1) is 0 Å². The van der Waals surface area contributed by atoms with Crippen molar-refractivity contribution in [1.82, 2.24) is 20.1 Å². The fourth-order valence-corrected chi connectivity index (χ4v) is 4.38. The third-order valence-corrected chi connectivity index (χ3v) is 6.56. The van der Waals surface area contributed by atoms with Crippen LogP contribution in [0.25, 0.3) is 16.7 Å². The van der Waals surface area contributed by atoms with Crippen molar-refractivity contribution in [3.63, 3.8) is 0 Å². The van der Waals surface area contributed by atoms with Gasteiger partial charge in [0.25, 0.3) is 0 Å². The molecule has 0 atom stereocenters. The number of amides is 1. The highest BCUT2D eigenvalue weighted by Gasteiger charge is 2.18. The summed E-state index contributed by atoms with van der Waals surface area (Å²) in [6, 6.07) is 14.1. The molecule has 1 N–H and O–H groups in total. The van der Waals surface area contributed by atoms with Gasteiger partial charge < -0.3 is 10.1 Å². The minimum Gasteiger partial charge on any atom is -0.497 e. The Hall–Kier alpha value is -3.67. The van der Waals surface area contributed by atoms with E-state index in [0.717, 1.165) is 50.5 Å². The second-order valence-corrected chi connectivity index (χ2v) is 8.89. The van der Waals surface area contributed by atoms with Gasteiger partial charge in [0.1, 0.15) is 5.75 Å². The molecular weight excluding hydrogens is 424 g/mol. The molecule has 2 heterocycles. The standard InChI is InChI=1S/C28H32N4O2/c1-17-7-10-23(15-18(17)2)32-28-27(21(5)31-32)19(3)25(20(4)30-28)13-14-26(33)29-16-22-8-11-24(34-6)12-9-22/h7-12,15H,13-14,16H2,1-6H3,(H,29,33). The number of nitrogens with one attached hydrogen (secondary N) is 1. The molecule has 0 spiro atoms. The topological polar surface area (TPSA) is 69.0 Å². The Morgan fingerprint density at radius 3 is 2.38 bits per heavy atom. The van der Waals surface area contributed by atoms with Crippen LogP contribution in [0.2, 0.25) is 0 Å². The quantitative estimate of drug-likeness (QED) is 0.414. The third kappa shape index (κ3) is 4.67. The molecule has 2 aromatic carbocycles. The van der Waals surface area contributed by atoms with E-state index in [1.54, 1.807) is 7.11 Å². The van der Waals surface area contributed by atoms with Crippen LogP contribution in [0.5, 0.6) is 5.75 Å². The number of hydrogen-bond donors (Lipinski definition) is 1. The molecule has 0 saturated carbocycles. The first-order chi connectivity index (χ1) is 16.3. The number of carbonyl (C=O) groups excluding carboxylic acids is 1. The fourth-order valence-electron chi connectivity index (χ4n) is 4.38. The van der Waals surface area contributed by atoms with Crippen molar-refractivity contribution in [3.8, 4) is 11.4 Å². The maximum Gasteiger partial charge on any atom is 0.220 e. The molecule has 176 valence electrons. The van der Waals surface area contributed by atoms with Crippen LogP contribution >= 0.6 is 0 Å². The van der Waals surface area contributed by atoms with E-state index >= 15 is 0 Å². The van der Waals surface area contributed by atoms with Gasteiger partial charge >= 0.3 is 0 Å². The molecule has 0 aliphatic carbocycles. The molecule has 1 amide bonds. The number of aromatic nitrogens is 3. The Morgan fingerprint density at radius 1 is 0.971 bits per heavy atom. The van der Waals surface area contributed by atoms with E-state index in [1.807, 2.05) is 42.8 Å². The molecule has 0 fully saturated rings. The van der Waals surface area contributed by atoms with Crippen LogP contribution in [0.15, 0.2) is 42.5 Å². The Labute approximate surface area is 201 Å². The van der Waals surface area contributed by atoms with Crippen LogP contribution in [-0.2, 0) is 17.8 Å². The number of fused-ring (bicyclic) bond motifs is 1. The molecule has 2 aromatic heterocycles. The van der Waals surface area contributed by atoms with Gasteiger partial charge in [-0.05, 0) is 93.1 Å². The average Bonchev–Trinajstić information content (AvgIpc) is 3.15. The van der Waals surface area contributed by atoms with E-state index in [4.69, 9.17) is 14.8 Å². The summed E-state index contributed by atoms with van der Waals surface area (Å²) in [6.07, 6.45) is 1.05. The summed E-state index contributed by atoms with van der Waals surface area (Å²) in [4.78, 5) is 17.5. The average molecular weight is 457 g/mol. The number of benzene rings is 2. The normalized spacial score (nSPS) is 11.1. The monoisotopic (exact) mass is 456 g/mol.